The largest absolute Gasteiger partial charge is 0.322 e. The van der Waals surface area contributed by atoms with E-state index in [2.05, 4.69) is 19.2 Å². The Hall–Kier alpha value is -2.19. The van der Waals surface area contributed by atoms with Gasteiger partial charge in [-0.3, -0.25) is 4.79 Å². The van der Waals surface area contributed by atoms with E-state index in [1.807, 2.05) is 12.1 Å². The second-order valence-electron chi connectivity index (χ2n) is 7.33. The van der Waals surface area contributed by atoms with Gasteiger partial charge in [0.2, 0.25) is 0 Å². The molecule has 3 rings (SSSR count). The van der Waals surface area contributed by atoms with Gasteiger partial charge in [-0.1, -0.05) is 32.0 Å². The number of hydrogen-bond acceptors (Lipinski definition) is 5. The lowest BCUT2D eigenvalue weighted by atomic mass is 10.0. The summed E-state index contributed by atoms with van der Waals surface area (Å²) in [4.78, 5) is 12.5. The van der Waals surface area contributed by atoms with Crippen molar-refractivity contribution in [2.45, 2.75) is 36.3 Å². The zero-order valence-corrected chi connectivity index (χ0v) is 17.4. The third-order valence-corrected chi connectivity index (χ3v) is 9.06. The van der Waals surface area contributed by atoms with Crippen LogP contribution in [0.3, 0.4) is 0 Å². The summed E-state index contributed by atoms with van der Waals surface area (Å²) in [6, 6.07) is 13.2. The average Bonchev–Trinajstić information content (AvgIpc) is 3.03. The van der Waals surface area contributed by atoms with Gasteiger partial charge in [-0.05, 0) is 48.2 Å². The van der Waals surface area contributed by atoms with E-state index in [9.17, 15) is 21.6 Å². The number of amides is 1. The van der Waals surface area contributed by atoms with Crippen molar-refractivity contribution in [1.82, 2.24) is 0 Å². The Morgan fingerprint density at radius 2 is 1.79 bits per heavy atom. The summed E-state index contributed by atoms with van der Waals surface area (Å²) in [5.74, 6) is -0.531. The van der Waals surface area contributed by atoms with Crippen molar-refractivity contribution in [3.8, 4) is 0 Å². The van der Waals surface area contributed by atoms with E-state index in [0.717, 1.165) is 5.56 Å². The molecule has 1 saturated heterocycles. The average molecular weight is 422 g/mol. The Morgan fingerprint density at radius 3 is 2.36 bits per heavy atom. The number of nitrogens with one attached hydrogen (secondary N) is 1. The Kier molecular flexibility index (Phi) is 5.63. The molecule has 28 heavy (non-hydrogen) atoms. The van der Waals surface area contributed by atoms with Crippen molar-refractivity contribution in [2.75, 3.05) is 16.8 Å². The molecular weight excluding hydrogens is 398 g/mol. The second kappa shape index (κ2) is 7.67. The summed E-state index contributed by atoms with van der Waals surface area (Å²) in [5, 5.41) is 1.80. The van der Waals surface area contributed by atoms with Gasteiger partial charge in [-0.25, -0.2) is 16.8 Å². The highest BCUT2D eigenvalue weighted by Crippen LogP contribution is 2.26. The molecule has 8 heteroatoms. The number of rotatable bonds is 5. The molecule has 0 aromatic heterocycles. The smallest absolute Gasteiger partial charge is 0.255 e. The van der Waals surface area contributed by atoms with Gasteiger partial charge in [0.25, 0.3) is 5.91 Å². The SMILES string of the molecule is CC(C)c1ccc(NC(=O)c2cccc(S(=O)(=O)[C@@H]3CCS(=O)(=O)C3)c2)cc1. The molecule has 0 spiro atoms. The highest BCUT2D eigenvalue weighted by Gasteiger charge is 2.38. The number of carbonyl (C=O) groups is 1. The summed E-state index contributed by atoms with van der Waals surface area (Å²) in [7, 11) is -7.13. The summed E-state index contributed by atoms with van der Waals surface area (Å²) < 4.78 is 48.8. The van der Waals surface area contributed by atoms with Gasteiger partial charge in [0.05, 0.1) is 21.7 Å². The lowest BCUT2D eigenvalue weighted by molar-refractivity contribution is 0.102. The zero-order valence-electron chi connectivity index (χ0n) is 15.8. The minimum atomic E-state index is -3.81. The van der Waals surface area contributed by atoms with E-state index in [-0.39, 0.29) is 28.4 Å². The van der Waals surface area contributed by atoms with E-state index in [0.29, 0.717) is 11.6 Å². The van der Waals surface area contributed by atoms with Crippen molar-refractivity contribution in [1.29, 1.82) is 0 Å². The molecule has 6 nitrogen and oxygen atoms in total. The lowest BCUT2D eigenvalue weighted by Gasteiger charge is -2.12. The van der Waals surface area contributed by atoms with Crippen LogP contribution in [0.4, 0.5) is 5.69 Å². The summed E-state index contributed by atoms with van der Waals surface area (Å²) in [5.41, 5.74) is 1.97. The van der Waals surface area contributed by atoms with Crippen molar-refractivity contribution in [3.63, 3.8) is 0 Å². The van der Waals surface area contributed by atoms with E-state index in [1.54, 1.807) is 12.1 Å². The molecule has 1 fully saturated rings. The Balaban J connectivity index is 1.80. The normalized spacial score (nSPS) is 18.9. The molecule has 0 radical (unpaired) electrons. The predicted molar refractivity (Wildman–Crippen MR) is 109 cm³/mol. The predicted octanol–water partition coefficient (Wildman–Crippen LogP) is 3.02. The fraction of sp³-hybridized carbons (Fsp3) is 0.350. The van der Waals surface area contributed by atoms with Crippen LogP contribution in [0, 0.1) is 0 Å². The van der Waals surface area contributed by atoms with Gasteiger partial charge in [-0.15, -0.1) is 0 Å². The minimum Gasteiger partial charge on any atom is -0.322 e. The summed E-state index contributed by atoms with van der Waals surface area (Å²) >= 11 is 0. The quantitative estimate of drug-likeness (QED) is 0.800. The van der Waals surface area contributed by atoms with Crippen LogP contribution in [0.15, 0.2) is 53.4 Å². The van der Waals surface area contributed by atoms with Gasteiger partial charge in [0.1, 0.15) is 0 Å². The third-order valence-electron chi connectivity index (χ3n) is 4.89. The number of carbonyl (C=O) groups excluding carboxylic acids is 1. The van der Waals surface area contributed by atoms with Crippen LogP contribution in [-0.2, 0) is 19.7 Å². The molecule has 1 atom stereocenters. The van der Waals surface area contributed by atoms with Crippen LogP contribution in [0.25, 0.3) is 0 Å². The molecule has 2 aromatic carbocycles. The zero-order chi connectivity index (χ0) is 20.5. The van der Waals surface area contributed by atoms with Gasteiger partial charge in [-0.2, -0.15) is 0 Å². The molecule has 1 amide bonds. The summed E-state index contributed by atoms with van der Waals surface area (Å²) in [6.07, 6.45) is 0.0866. The highest BCUT2D eigenvalue weighted by atomic mass is 32.2. The van der Waals surface area contributed by atoms with Crippen molar-refractivity contribution in [2.24, 2.45) is 0 Å². The molecule has 0 bridgehead atoms. The van der Waals surface area contributed by atoms with Crippen LogP contribution in [0.2, 0.25) is 0 Å². The van der Waals surface area contributed by atoms with Crippen molar-refractivity contribution >= 4 is 31.3 Å². The monoisotopic (exact) mass is 421 g/mol. The van der Waals surface area contributed by atoms with Crippen LogP contribution in [0.5, 0.6) is 0 Å². The van der Waals surface area contributed by atoms with Crippen LogP contribution in [0.1, 0.15) is 42.1 Å². The first-order chi connectivity index (χ1) is 13.1. The molecule has 1 aliphatic rings. The molecule has 150 valence electrons. The van der Waals surface area contributed by atoms with Crippen LogP contribution >= 0.6 is 0 Å². The topological polar surface area (TPSA) is 97.4 Å². The highest BCUT2D eigenvalue weighted by molar-refractivity contribution is 7.96. The molecular formula is C20H23NO5S2. The number of sulfone groups is 2. The molecule has 2 aromatic rings. The van der Waals surface area contributed by atoms with E-state index >= 15 is 0 Å². The van der Waals surface area contributed by atoms with Crippen molar-refractivity contribution < 1.29 is 21.6 Å². The van der Waals surface area contributed by atoms with Gasteiger partial charge >= 0.3 is 0 Å². The van der Waals surface area contributed by atoms with E-state index in [4.69, 9.17) is 0 Å². The molecule has 0 unspecified atom stereocenters. The maximum Gasteiger partial charge on any atom is 0.255 e. The lowest BCUT2D eigenvalue weighted by Crippen LogP contribution is -2.23. The minimum absolute atomic E-state index is 0.0302. The van der Waals surface area contributed by atoms with E-state index in [1.165, 1.54) is 24.3 Å². The Morgan fingerprint density at radius 1 is 1.11 bits per heavy atom. The fourth-order valence-corrected chi connectivity index (χ4v) is 7.57. The third kappa shape index (κ3) is 4.44. The summed E-state index contributed by atoms with van der Waals surface area (Å²) in [6.45, 7) is 4.16. The maximum absolute atomic E-state index is 12.8. The van der Waals surface area contributed by atoms with Gasteiger partial charge < -0.3 is 5.32 Å². The van der Waals surface area contributed by atoms with Crippen molar-refractivity contribution in [3.05, 3.63) is 59.7 Å². The fourth-order valence-electron chi connectivity index (χ4n) is 3.17. The Bertz CT molecular complexity index is 1090. The molecule has 0 aliphatic carbocycles. The second-order valence-corrected chi connectivity index (χ2v) is 11.8. The first kappa shape index (κ1) is 20.5. The number of hydrogen-bond donors (Lipinski definition) is 1. The molecule has 1 heterocycles. The molecule has 1 N–H and O–H groups in total. The van der Waals surface area contributed by atoms with Gasteiger partial charge in [0, 0.05) is 11.3 Å². The standard InChI is InChI=1S/C20H23NO5S2/c1-14(2)15-6-8-17(9-7-15)21-20(22)16-4-3-5-18(12-16)28(25,26)19-10-11-27(23,24)13-19/h3-9,12,14,19H,10-11,13H2,1-2H3,(H,21,22)/t19-/m1/s1. The maximum atomic E-state index is 12.8. The first-order valence-corrected chi connectivity index (χ1v) is 12.4. The first-order valence-electron chi connectivity index (χ1n) is 9.04. The molecule has 1 aliphatic heterocycles. The number of benzene rings is 2. The van der Waals surface area contributed by atoms with E-state index < -0.39 is 30.8 Å². The van der Waals surface area contributed by atoms with Crippen LogP contribution < -0.4 is 5.32 Å². The van der Waals surface area contributed by atoms with Crippen LogP contribution in [-0.4, -0.2) is 39.5 Å². The molecule has 0 saturated carbocycles. The van der Waals surface area contributed by atoms with Gasteiger partial charge in [0.15, 0.2) is 19.7 Å². The number of anilines is 1. The Labute approximate surface area is 165 Å².